The predicted molar refractivity (Wildman–Crippen MR) is 79.4 cm³/mol. The molecule has 1 aromatic heterocycles. The molecule has 1 amide bonds. The van der Waals surface area contributed by atoms with E-state index >= 15 is 0 Å². The summed E-state index contributed by atoms with van der Waals surface area (Å²) in [5, 5.41) is 0.563. The molecule has 0 bridgehead atoms. The second kappa shape index (κ2) is 5.29. The van der Waals surface area contributed by atoms with Crippen LogP contribution in [0.2, 0.25) is 5.02 Å². The van der Waals surface area contributed by atoms with Crippen molar-refractivity contribution < 1.29 is 4.79 Å². The first-order valence-electron chi connectivity index (χ1n) is 6.75. The Labute approximate surface area is 123 Å². The highest BCUT2D eigenvalue weighted by atomic mass is 35.5. The van der Waals surface area contributed by atoms with Crippen LogP contribution in [0.25, 0.3) is 0 Å². The first-order valence-corrected chi connectivity index (χ1v) is 7.12. The summed E-state index contributed by atoms with van der Waals surface area (Å²) in [4.78, 5) is 18.6. The van der Waals surface area contributed by atoms with E-state index in [1.165, 1.54) is 12.8 Å². The van der Waals surface area contributed by atoms with Gasteiger partial charge >= 0.3 is 0 Å². The monoisotopic (exact) mass is 289 g/mol. The average molecular weight is 290 g/mol. The minimum Gasteiger partial charge on any atom is -0.333 e. The van der Waals surface area contributed by atoms with Crippen molar-refractivity contribution in [3.8, 4) is 0 Å². The summed E-state index contributed by atoms with van der Waals surface area (Å²) >= 11 is 5.93. The number of fused-ring (bicyclic) bond motifs is 1. The third kappa shape index (κ3) is 2.43. The lowest BCUT2D eigenvalue weighted by molar-refractivity contribution is 0.0992. The highest BCUT2D eigenvalue weighted by Gasteiger charge is 2.19. The van der Waals surface area contributed by atoms with E-state index in [0.29, 0.717) is 16.4 Å². The van der Waals surface area contributed by atoms with Crippen LogP contribution in [0, 0.1) is 0 Å². The molecule has 3 rings (SSSR count). The van der Waals surface area contributed by atoms with E-state index in [0.717, 1.165) is 18.8 Å². The first kappa shape index (κ1) is 13.2. The Morgan fingerprint density at radius 2 is 2.25 bits per heavy atom. The van der Waals surface area contributed by atoms with E-state index in [9.17, 15) is 4.79 Å². The molecule has 1 aliphatic heterocycles. The van der Waals surface area contributed by atoms with E-state index in [4.69, 9.17) is 11.6 Å². The molecule has 20 heavy (non-hydrogen) atoms. The lowest BCUT2D eigenvalue weighted by Gasteiger charge is -2.14. The molecule has 0 fully saturated rings. The van der Waals surface area contributed by atoms with Gasteiger partial charge in [0.15, 0.2) is 5.82 Å². The molecule has 0 saturated heterocycles. The van der Waals surface area contributed by atoms with Crippen LogP contribution in [0.5, 0.6) is 0 Å². The molecule has 0 unspecified atom stereocenters. The molecule has 0 aliphatic carbocycles. The predicted octanol–water partition coefficient (Wildman–Crippen LogP) is 3.15. The number of amides is 1. The minimum atomic E-state index is -0.0945. The molecule has 1 aliphatic rings. The Morgan fingerprint density at radius 1 is 1.40 bits per heavy atom. The Kier molecular flexibility index (Phi) is 3.49. The number of aryl methyl sites for hydroxylation is 2. The topological polar surface area (TPSA) is 38.1 Å². The second-order valence-corrected chi connectivity index (χ2v) is 5.48. The van der Waals surface area contributed by atoms with Crippen molar-refractivity contribution in [3.05, 3.63) is 46.9 Å². The van der Waals surface area contributed by atoms with Gasteiger partial charge in [-0.15, -0.1) is 0 Å². The van der Waals surface area contributed by atoms with Gasteiger partial charge in [-0.25, -0.2) is 4.98 Å². The van der Waals surface area contributed by atoms with Crippen LogP contribution in [-0.4, -0.2) is 22.5 Å². The van der Waals surface area contributed by atoms with Gasteiger partial charge in [0.05, 0.1) is 0 Å². The quantitative estimate of drug-likeness (QED) is 0.852. The van der Waals surface area contributed by atoms with E-state index in [1.807, 2.05) is 6.20 Å². The molecule has 2 heterocycles. The van der Waals surface area contributed by atoms with Crippen LogP contribution in [0.3, 0.4) is 0 Å². The summed E-state index contributed by atoms with van der Waals surface area (Å²) in [6.45, 7) is 0.988. The summed E-state index contributed by atoms with van der Waals surface area (Å²) in [5.41, 5.74) is 0.575. The van der Waals surface area contributed by atoms with Gasteiger partial charge in [-0.05, 0) is 31.0 Å². The van der Waals surface area contributed by atoms with Crippen molar-refractivity contribution in [3.63, 3.8) is 0 Å². The molecule has 4 nitrogen and oxygen atoms in total. The van der Waals surface area contributed by atoms with Gasteiger partial charge in [-0.1, -0.05) is 17.7 Å². The van der Waals surface area contributed by atoms with E-state index in [2.05, 4.69) is 9.55 Å². The molecule has 0 saturated carbocycles. The van der Waals surface area contributed by atoms with Crippen molar-refractivity contribution in [1.29, 1.82) is 0 Å². The van der Waals surface area contributed by atoms with Crippen molar-refractivity contribution in [2.75, 3.05) is 11.9 Å². The number of carbonyl (C=O) groups is 1. The maximum atomic E-state index is 12.4. The van der Waals surface area contributed by atoms with Gasteiger partial charge in [-0.3, -0.25) is 9.69 Å². The zero-order chi connectivity index (χ0) is 14.1. The molecule has 0 N–H and O–H groups in total. The number of benzene rings is 1. The molecule has 0 spiro atoms. The highest BCUT2D eigenvalue weighted by molar-refractivity contribution is 6.31. The fraction of sp³-hybridized carbons (Fsp3) is 0.333. The summed E-state index contributed by atoms with van der Waals surface area (Å²) in [6, 6.07) is 6.98. The van der Waals surface area contributed by atoms with Crippen molar-refractivity contribution >= 4 is 23.3 Å². The Balaban J connectivity index is 1.86. The molecule has 0 atom stereocenters. The number of imidazole rings is 1. The molecular formula is C15H16ClN3O. The molecule has 5 heteroatoms. The second-order valence-electron chi connectivity index (χ2n) is 5.04. The number of anilines is 1. The maximum absolute atomic E-state index is 12.4. The average Bonchev–Trinajstić information content (AvgIpc) is 2.89. The Morgan fingerprint density at radius 3 is 3.00 bits per heavy atom. The van der Waals surface area contributed by atoms with E-state index in [-0.39, 0.29) is 5.91 Å². The molecule has 0 radical (unpaired) electrons. The summed E-state index contributed by atoms with van der Waals surface area (Å²) in [6.07, 6.45) is 5.29. The molecule has 2 aromatic rings. The van der Waals surface area contributed by atoms with Gasteiger partial charge in [0, 0.05) is 36.8 Å². The third-order valence-corrected chi connectivity index (χ3v) is 3.85. The standard InChI is InChI=1S/C15H16ClN3O/c1-18(15(20)11-5-4-6-12(16)9-11)14-10-19-8-3-2-7-13(19)17-14/h4-6,9-10H,2-3,7-8H2,1H3. The lowest BCUT2D eigenvalue weighted by atomic mass is 10.2. The number of carbonyl (C=O) groups excluding carboxylic acids is 1. The number of rotatable bonds is 2. The summed E-state index contributed by atoms with van der Waals surface area (Å²) in [7, 11) is 1.75. The fourth-order valence-corrected chi connectivity index (χ4v) is 2.67. The van der Waals surface area contributed by atoms with Crippen LogP contribution in [0.15, 0.2) is 30.5 Å². The van der Waals surface area contributed by atoms with Gasteiger partial charge in [0.1, 0.15) is 5.82 Å². The van der Waals surface area contributed by atoms with E-state index in [1.54, 1.807) is 36.2 Å². The van der Waals surface area contributed by atoms with Crippen molar-refractivity contribution in [2.45, 2.75) is 25.8 Å². The highest BCUT2D eigenvalue weighted by Crippen LogP contribution is 2.21. The largest absolute Gasteiger partial charge is 0.333 e. The zero-order valence-electron chi connectivity index (χ0n) is 11.3. The molecule has 1 aromatic carbocycles. The number of halogens is 1. The smallest absolute Gasteiger partial charge is 0.259 e. The number of aromatic nitrogens is 2. The van der Waals surface area contributed by atoms with Crippen molar-refractivity contribution in [2.24, 2.45) is 0 Å². The lowest BCUT2D eigenvalue weighted by Crippen LogP contribution is -2.26. The first-order chi connectivity index (χ1) is 9.65. The molecule has 104 valence electrons. The van der Waals surface area contributed by atoms with Gasteiger partial charge in [0.25, 0.3) is 5.91 Å². The number of nitrogens with zero attached hydrogens (tertiary/aromatic N) is 3. The Bertz CT molecular complexity index is 627. The Hall–Kier alpha value is -1.81. The third-order valence-electron chi connectivity index (χ3n) is 3.62. The van der Waals surface area contributed by atoms with E-state index < -0.39 is 0 Å². The van der Waals surface area contributed by atoms with Crippen LogP contribution in [-0.2, 0) is 13.0 Å². The maximum Gasteiger partial charge on any atom is 0.259 e. The molecular weight excluding hydrogens is 274 g/mol. The zero-order valence-corrected chi connectivity index (χ0v) is 12.1. The van der Waals surface area contributed by atoms with Crippen LogP contribution in [0.1, 0.15) is 29.0 Å². The van der Waals surface area contributed by atoms with Gasteiger partial charge in [0.2, 0.25) is 0 Å². The van der Waals surface area contributed by atoms with Gasteiger partial charge < -0.3 is 4.57 Å². The van der Waals surface area contributed by atoms with Crippen molar-refractivity contribution in [1.82, 2.24) is 9.55 Å². The van der Waals surface area contributed by atoms with Crippen LogP contribution >= 0.6 is 11.6 Å². The van der Waals surface area contributed by atoms with Gasteiger partial charge in [-0.2, -0.15) is 0 Å². The fourth-order valence-electron chi connectivity index (χ4n) is 2.48. The number of hydrogen-bond donors (Lipinski definition) is 0. The number of hydrogen-bond acceptors (Lipinski definition) is 2. The summed E-state index contributed by atoms with van der Waals surface area (Å²) < 4.78 is 2.14. The van der Waals surface area contributed by atoms with Crippen LogP contribution in [0.4, 0.5) is 5.82 Å². The minimum absolute atomic E-state index is 0.0945. The SMILES string of the molecule is CN(C(=O)c1cccc(Cl)c1)c1cn2c(n1)CCCC2. The van der Waals surface area contributed by atoms with Crippen LogP contribution < -0.4 is 4.90 Å². The summed E-state index contributed by atoms with van der Waals surface area (Å²) in [5.74, 6) is 1.67. The normalized spacial score (nSPS) is 13.9.